The Morgan fingerprint density at radius 2 is 1.86 bits per heavy atom. The van der Waals surface area contributed by atoms with E-state index in [1.54, 1.807) is 0 Å². The van der Waals surface area contributed by atoms with Gasteiger partial charge >= 0.3 is 5.97 Å². The van der Waals surface area contributed by atoms with E-state index in [1.807, 2.05) is 0 Å². The molecule has 0 amide bonds. The van der Waals surface area contributed by atoms with Crippen LogP contribution in [-0.2, 0) is 34.1 Å². The lowest BCUT2D eigenvalue weighted by molar-refractivity contribution is -0.136. The first-order chi connectivity index (χ1) is 16.8. The molecule has 10 heteroatoms. The van der Waals surface area contributed by atoms with Gasteiger partial charge in [0.05, 0.1) is 11.1 Å². The number of fused-ring (bicyclic) bond motifs is 1. The van der Waals surface area contributed by atoms with Crippen molar-refractivity contribution in [3.05, 3.63) is 63.9 Å². The van der Waals surface area contributed by atoms with Crippen molar-refractivity contribution in [1.29, 1.82) is 0 Å². The van der Waals surface area contributed by atoms with Gasteiger partial charge in [-0.05, 0) is 74.3 Å². The van der Waals surface area contributed by atoms with E-state index in [-0.39, 0.29) is 42.1 Å². The lowest BCUT2D eigenvalue weighted by atomic mass is 9.88. The number of aliphatic hydroxyl groups is 1. The van der Waals surface area contributed by atoms with Gasteiger partial charge in [-0.3, -0.25) is 4.79 Å². The average Bonchev–Trinajstić information content (AvgIpc) is 3.19. The lowest BCUT2D eigenvalue weighted by Gasteiger charge is -2.31. The first-order valence-corrected chi connectivity index (χ1v) is 13.8. The number of aliphatic carboxylic acids is 1. The first-order valence-electron chi connectivity index (χ1n) is 11.9. The molecular weight excluding hydrogens is 507 g/mol. The van der Waals surface area contributed by atoms with Crippen LogP contribution >= 0.6 is 11.6 Å². The smallest absolute Gasteiger partial charge is 0.303 e. The molecule has 3 N–H and O–H groups in total. The Morgan fingerprint density at radius 1 is 1.25 bits per heavy atom. The molecule has 7 nitrogen and oxygen atoms in total. The van der Waals surface area contributed by atoms with Crippen LogP contribution in [0.2, 0.25) is 5.02 Å². The topological polar surface area (TPSA) is 107 Å². The maximum atomic E-state index is 14.1. The molecule has 2 aromatic carbocycles. The summed E-state index contributed by atoms with van der Waals surface area (Å²) in [5, 5.41) is 22.6. The number of nitrogens with one attached hydrogen (secondary N) is 1. The minimum atomic E-state index is -4.23. The highest BCUT2D eigenvalue weighted by Gasteiger charge is 2.30. The summed E-state index contributed by atoms with van der Waals surface area (Å²) < 4.78 is 41.3. The first kappa shape index (κ1) is 28.5. The number of halogens is 2. The molecule has 1 aliphatic rings. The van der Waals surface area contributed by atoms with Crippen LogP contribution in [0.5, 0.6) is 0 Å². The number of aliphatic hydroxyl groups excluding tert-OH is 1. The van der Waals surface area contributed by atoms with Gasteiger partial charge in [-0.2, -0.15) is 4.31 Å². The number of carboxylic acids is 1. The van der Waals surface area contributed by atoms with E-state index < -0.39 is 32.8 Å². The molecule has 2 aromatic rings. The Balaban J connectivity index is 1.59. The van der Waals surface area contributed by atoms with Crippen LogP contribution in [0.15, 0.2) is 41.3 Å². The molecule has 3 rings (SSSR count). The number of benzene rings is 2. The van der Waals surface area contributed by atoms with Crippen molar-refractivity contribution in [3.8, 4) is 0 Å². The van der Waals surface area contributed by atoms with Crippen molar-refractivity contribution in [2.24, 2.45) is 5.92 Å². The number of carboxylic acid groups (broad SMARTS) is 1. The Hall–Kier alpha value is -2.04. The molecule has 0 heterocycles. The van der Waals surface area contributed by atoms with Gasteiger partial charge in [-0.15, -0.1) is 0 Å². The molecule has 0 unspecified atom stereocenters. The fraction of sp³-hybridized carbons (Fsp3) is 0.500. The van der Waals surface area contributed by atoms with Crippen LogP contribution in [0.4, 0.5) is 4.39 Å². The van der Waals surface area contributed by atoms with Crippen LogP contribution in [0.1, 0.15) is 43.4 Å². The zero-order valence-electron chi connectivity index (χ0n) is 20.8. The molecule has 36 heavy (non-hydrogen) atoms. The van der Waals surface area contributed by atoms with Crippen LogP contribution in [0, 0.1) is 11.7 Å². The van der Waals surface area contributed by atoms with E-state index in [9.17, 15) is 22.7 Å². The zero-order valence-corrected chi connectivity index (χ0v) is 22.4. The summed E-state index contributed by atoms with van der Waals surface area (Å²) in [5.74, 6) is -1.44. The Kier molecular flexibility index (Phi) is 9.16. The van der Waals surface area contributed by atoms with E-state index in [0.29, 0.717) is 5.92 Å². The standard InChI is InChI=1S/C26H34ClFN2O5S/c1-26(2,14-17-10-18-6-4-5-7-19(18)11-17)29-15-22(31)16-30(3)36(34,35)23-13-21(28)12-20(25(23)27)8-9-24(32)33/h4-7,12-13,17,22,29,31H,8-11,14-16H2,1-3H3,(H,32,33)/t22-/m1/s1. The predicted octanol–water partition coefficient (Wildman–Crippen LogP) is 3.65. The number of carbonyl (C=O) groups is 1. The molecule has 0 spiro atoms. The number of aryl methyl sites for hydroxylation is 1. The highest BCUT2D eigenvalue weighted by atomic mass is 35.5. The van der Waals surface area contributed by atoms with Crippen molar-refractivity contribution < 1.29 is 27.8 Å². The largest absolute Gasteiger partial charge is 0.481 e. The van der Waals surface area contributed by atoms with Crippen molar-refractivity contribution in [2.45, 2.75) is 62.5 Å². The third kappa shape index (κ3) is 7.26. The SMILES string of the molecule is CN(C[C@H](O)CNC(C)(C)CC1Cc2ccccc2C1)S(=O)(=O)c1cc(F)cc(CCC(=O)O)c1Cl. The third-order valence-corrected chi connectivity index (χ3v) is 9.00. The van der Waals surface area contributed by atoms with E-state index in [2.05, 4.69) is 43.4 Å². The van der Waals surface area contributed by atoms with Gasteiger partial charge in [-0.25, -0.2) is 12.8 Å². The maximum absolute atomic E-state index is 14.1. The maximum Gasteiger partial charge on any atom is 0.303 e. The van der Waals surface area contributed by atoms with E-state index in [1.165, 1.54) is 18.2 Å². The van der Waals surface area contributed by atoms with Gasteiger partial charge in [-0.1, -0.05) is 35.9 Å². The van der Waals surface area contributed by atoms with Gasteiger partial charge < -0.3 is 15.5 Å². The molecule has 0 radical (unpaired) electrons. The number of β-amino-alcohol motifs (C(OH)–C–C–N with tert-alkyl or cyclic N) is 1. The van der Waals surface area contributed by atoms with E-state index in [0.717, 1.165) is 35.7 Å². The summed E-state index contributed by atoms with van der Waals surface area (Å²) in [5.41, 5.74) is 2.60. The quantitative estimate of drug-likeness (QED) is 0.379. The summed E-state index contributed by atoms with van der Waals surface area (Å²) in [7, 11) is -2.94. The monoisotopic (exact) mass is 540 g/mol. The normalized spacial score (nSPS) is 15.3. The average molecular weight is 541 g/mol. The molecule has 0 saturated heterocycles. The van der Waals surface area contributed by atoms with Crippen molar-refractivity contribution in [2.75, 3.05) is 20.1 Å². The predicted molar refractivity (Wildman–Crippen MR) is 137 cm³/mol. The summed E-state index contributed by atoms with van der Waals surface area (Å²) in [6.07, 6.45) is 1.52. The molecule has 0 aliphatic heterocycles. The molecule has 0 saturated carbocycles. The van der Waals surface area contributed by atoms with Crippen molar-refractivity contribution in [1.82, 2.24) is 9.62 Å². The highest BCUT2D eigenvalue weighted by Crippen LogP contribution is 2.32. The molecule has 1 atom stereocenters. The fourth-order valence-electron chi connectivity index (χ4n) is 4.84. The molecule has 0 aromatic heterocycles. The molecular formula is C26H34ClFN2O5S. The zero-order chi connectivity index (χ0) is 26.7. The number of likely N-dealkylation sites (N-methyl/N-ethyl adjacent to an activating group) is 1. The van der Waals surface area contributed by atoms with Crippen LogP contribution in [-0.4, -0.2) is 60.7 Å². The number of hydrogen-bond acceptors (Lipinski definition) is 5. The Labute approximate surface area is 217 Å². The molecule has 1 aliphatic carbocycles. The van der Waals surface area contributed by atoms with Crippen LogP contribution in [0.3, 0.4) is 0 Å². The summed E-state index contributed by atoms with van der Waals surface area (Å²) in [6.45, 7) is 4.08. The van der Waals surface area contributed by atoms with Gasteiger partial charge in [0.2, 0.25) is 10.0 Å². The van der Waals surface area contributed by atoms with Crippen LogP contribution in [0.25, 0.3) is 0 Å². The second-order valence-electron chi connectivity index (χ2n) is 10.2. The minimum Gasteiger partial charge on any atom is -0.481 e. The Morgan fingerprint density at radius 3 is 2.44 bits per heavy atom. The lowest BCUT2D eigenvalue weighted by Crippen LogP contribution is -2.47. The van der Waals surface area contributed by atoms with Crippen LogP contribution < -0.4 is 5.32 Å². The van der Waals surface area contributed by atoms with Gasteiger partial charge in [0.1, 0.15) is 10.7 Å². The van der Waals surface area contributed by atoms with E-state index in [4.69, 9.17) is 16.7 Å². The second-order valence-corrected chi connectivity index (χ2v) is 12.6. The van der Waals surface area contributed by atoms with Gasteiger partial charge in [0.15, 0.2) is 0 Å². The minimum absolute atomic E-state index is 0.101. The summed E-state index contributed by atoms with van der Waals surface area (Å²) in [6, 6.07) is 10.3. The number of rotatable bonds is 12. The summed E-state index contributed by atoms with van der Waals surface area (Å²) in [4.78, 5) is 10.4. The third-order valence-electron chi connectivity index (χ3n) is 6.59. The van der Waals surface area contributed by atoms with Crippen molar-refractivity contribution >= 4 is 27.6 Å². The summed E-state index contributed by atoms with van der Waals surface area (Å²) >= 11 is 6.22. The van der Waals surface area contributed by atoms with Gasteiger partial charge in [0, 0.05) is 32.1 Å². The second kappa shape index (κ2) is 11.6. The fourth-order valence-corrected chi connectivity index (χ4v) is 6.66. The highest BCUT2D eigenvalue weighted by molar-refractivity contribution is 7.89. The van der Waals surface area contributed by atoms with E-state index >= 15 is 0 Å². The number of sulfonamides is 1. The van der Waals surface area contributed by atoms with Crippen molar-refractivity contribution in [3.63, 3.8) is 0 Å². The number of hydrogen-bond donors (Lipinski definition) is 3. The Bertz CT molecular complexity index is 1180. The molecule has 0 bridgehead atoms. The molecule has 0 fully saturated rings. The number of nitrogens with zero attached hydrogens (tertiary/aromatic N) is 1. The molecule has 198 valence electrons. The van der Waals surface area contributed by atoms with Gasteiger partial charge in [0.25, 0.3) is 0 Å².